The first kappa shape index (κ1) is 8.75. The number of hydrogen-bond donors (Lipinski definition) is 0. The number of allylic oxidation sites excluding steroid dienone is 2. The number of rotatable bonds is 3. The Morgan fingerprint density at radius 2 is 1.83 bits per heavy atom. The highest BCUT2D eigenvalue weighted by molar-refractivity contribution is 5.50. The molecule has 1 rings (SSSR count). The molecule has 1 nitrogen and oxygen atoms in total. The van der Waals surface area contributed by atoms with Gasteiger partial charge in [0.05, 0.1) is 0 Å². The first-order chi connectivity index (χ1) is 5.93. The van der Waals surface area contributed by atoms with Gasteiger partial charge in [-0.1, -0.05) is 54.6 Å². The largest absolute Gasteiger partial charge is 0.232 e. The van der Waals surface area contributed by atoms with Crippen LogP contribution in [0, 0.1) is 0 Å². The minimum atomic E-state index is -0.154. The molecule has 0 aliphatic carbocycles. The molecular formula is C11H11O. The van der Waals surface area contributed by atoms with Crippen molar-refractivity contribution in [2.45, 2.75) is 0 Å². The molecule has 0 aliphatic heterocycles. The molecule has 0 bridgehead atoms. The zero-order chi connectivity index (χ0) is 8.65. The van der Waals surface area contributed by atoms with Gasteiger partial charge in [0.1, 0.15) is 6.61 Å². The van der Waals surface area contributed by atoms with Crippen LogP contribution < -0.4 is 0 Å². The van der Waals surface area contributed by atoms with E-state index in [2.05, 4.69) is 0 Å². The molecule has 0 aromatic heterocycles. The minimum absolute atomic E-state index is 0.154. The zero-order valence-corrected chi connectivity index (χ0v) is 6.81. The summed E-state index contributed by atoms with van der Waals surface area (Å²) >= 11 is 0. The maximum atomic E-state index is 10.0. The lowest BCUT2D eigenvalue weighted by Gasteiger charge is -1.87. The Morgan fingerprint density at radius 1 is 1.08 bits per heavy atom. The highest BCUT2D eigenvalue weighted by atomic mass is 16.2. The summed E-state index contributed by atoms with van der Waals surface area (Å²) in [5.41, 5.74) is 1.15. The third-order valence-electron chi connectivity index (χ3n) is 1.43. The standard InChI is InChI=1S/C11H11O/c12-10-6-2-5-9-11-7-3-1-4-8-11/h1-9H,10H2/b6-2+,9-5+. The lowest BCUT2D eigenvalue weighted by molar-refractivity contribution is 0.232. The van der Waals surface area contributed by atoms with E-state index in [9.17, 15) is 5.11 Å². The van der Waals surface area contributed by atoms with Gasteiger partial charge in [-0.3, -0.25) is 0 Å². The summed E-state index contributed by atoms with van der Waals surface area (Å²) in [5, 5.41) is 10.0. The van der Waals surface area contributed by atoms with Gasteiger partial charge in [-0.25, -0.2) is 5.11 Å². The Morgan fingerprint density at radius 3 is 2.50 bits per heavy atom. The van der Waals surface area contributed by atoms with Crippen LogP contribution in [0.3, 0.4) is 0 Å². The first-order valence-corrected chi connectivity index (χ1v) is 3.90. The van der Waals surface area contributed by atoms with Gasteiger partial charge in [0.2, 0.25) is 0 Å². The van der Waals surface area contributed by atoms with Crippen molar-refractivity contribution < 1.29 is 5.11 Å². The van der Waals surface area contributed by atoms with Crippen molar-refractivity contribution in [2.75, 3.05) is 6.61 Å². The van der Waals surface area contributed by atoms with Crippen LogP contribution in [0.5, 0.6) is 0 Å². The lowest BCUT2D eigenvalue weighted by Crippen LogP contribution is -1.68. The average Bonchev–Trinajstić information content (AvgIpc) is 2.14. The van der Waals surface area contributed by atoms with E-state index in [4.69, 9.17) is 0 Å². The van der Waals surface area contributed by atoms with Gasteiger partial charge in [-0.15, -0.1) is 0 Å². The van der Waals surface area contributed by atoms with E-state index in [-0.39, 0.29) is 6.61 Å². The average molecular weight is 159 g/mol. The van der Waals surface area contributed by atoms with Crippen molar-refractivity contribution in [3.8, 4) is 0 Å². The quantitative estimate of drug-likeness (QED) is 0.604. The normalized spacial score (nSPS) is 11.4. The van der Waals surface area contributed by atoms with E-state index in [0.29, 0.717) is 0 Å². The number of hydrogen-bond acceptors (Lipinski definition) is 0. The highest BCUT2D eigenvalue weighted by Gasteiger charge is 1.79. The summed E-state index contributed by atoms with van der Waals surface area (Å²) in [6.07, 6.45) is 7.18. The molecule has 0 spiro atoms. The molecular weight excluding hydrogens is 148 g/mol. The molecule has 0 amide bonds. The SMILES string of the molecule is [O]C/C=C/C=C/c1ccccc1. The van der Waals surface area contributed by atoms with E-state index in [1.165, 1.54) is 0 Å². The molecule has 0 saturated carbocycles. The fraction of sp³-hybridized carbons (Fsp3) is 0.0909. The van der Waals surface area contributed by atoms with Crippen molar-refractivity contribution in [3.63, 3.8) is 0 Å². The second-order valence-electron chi connectivity index (χ2n) is 2.36. The molecule has 0 saturated heterocycles. The Hall–Kier alpha value is -1.34. The summed E-state index contributed by atoms with van der Waals surface area (Å²) in [6, 6.07) is 9.97. The Balaban J connectivity index is 2.52. The van der Waals surface area contributed by atoms with Gasteiger partial charge < -0.3 is 0 Å². The predicted octanol–water partition coefficient (Wildman–Crippen LogP) is 2.69. The topological polar surface area (TPSA) is 19.9 Å². The van der Waals surface area contributed by atoms with Crippen LogP contribution in [0.15, 0.2) is 48.6 Å². The zero-order valence-electron chi connectivity index (χ0n) is 6.81. The third kappa shape index (κ3) is 3.17. The van der Waals surface area contributed by atoms with Crippen LogP contribution in [-0.4, -0.2) is 6.61 Å². The van der Waals surface area contributed by atoms with Gasteiger partial charge in [0.25, 0.3) is 0 Å². The van der Waals surface area contributed by atoms with Crippen molar-refractivity contribution in [1.29, 1.82) is 0 Å². The predicted molar refractivity (Wildman–Crippen MR) is 50.2 cm³/mol. The Bertz CT molecular complexity index is 260. The van der Waals surface area contributed by atoms with Crippen LogP contribution in [0.4, 0.5) is 0 Å². The van der Waals surface area contributed by atoms with Crippen molar-refractivity contribution in [2.24, 2.45) is 0 Å². The fourth-order valence-corrected chi connectivity index (χ4v) is 0.865. The second kappa shape index (κ2) is 5.33. The molecule has 12 heavy (non-hydrogen) atoms. The van der Waals surface area contributed by atoms with E-state index < -0.39 is 0 Å². The highest BCUT2D eigenvalue weighted by Crippen LogP contribution is 2.00. The van der Waals surface area contributed by atoms with Crippen LogP contribution in [0.1, 0.15) is 5.56 Å². The van der Waals surface area contributed by atoms with Crippen LogP contribution >= 0.6 is 0 Å². The maximum absolute atomic E-state index is 10.0. The number of benzene rings is 1. The van der Waals surface area contributed by atoms with Crippen LogP contribution in [0.25, 0.3) is 6.08 Å². The van der Waals surface area contributed by atoms with Gasteiger partial charge >= 0.3 is 0 Å². The third-order valence-corrected chi connectivity index (χ3v) is 1.43. The van der Waals surface area contributed by atoms with E-state index >= 15 is 0 Å². The van der Waals surface area contributed by atoms with E-state index in [0.717, 1.165) is 5.56 Å². The molecule has 1 radical (unpaired) electrons. The monoisotopic (exact) mass is 159 g/mol. The molecule has 0 unspecified atom stereocenters. The Labute approximate surface area is 72.7 Å². The van der Waals surface area contributed by atoms with Crippen molar-refractivity contribution in [1.82, 2.24) is 0 Å². The maximum Gasteiger partial charge on any atom is 0.101 e. The molecule has 1 aromatic carbocycles. The smallest absolute Gasteiger partial charge is 0.101 e. The molecule has 61 valence electrons. The molecule has 0 aliphatic rings. The summed E-state index contributed by atoms with van der Waals surface area (Å²) in [5.74, 6) is 0. The van der Waals surface area contributed by atoms with Crippen LogP contribution in [0.2, 0.25) is 0 Å². The molecule has 0 fully saturated rings. The minimum Gasteiger partial charge on any atom is -0.232 e. The molecule has 0 N–H and O–H groups in total. The molecule has 1 aromatic rings. The van der Waals surface area contributed by atoms with Gasteiger partial charge in [0.15, 0.2) is 0 Å². The summed E-state index contributed by atoms with van der Waals surface area (Å²) in [4.78, 5) is 0. The molecule has 0 atom stereocenters. The van der Waals surface area contributed by atoms with E-state index in [1.54, 1.807) is 12.2 Å². The summed E-state index contributed by atoms with van der Waals surface area (Å²) < 4.78 is 0. The second-order valence-corrected chi connectivity index (χ2v) is 2.36. The first-order valence-electron chi connectivity index (χ1n) is 3.90. The van der Waals surface area contributed by atoms with Crippen LogP contribution in [-0.2, 0) is 5.11 Å². The van der Waals surface area contributed by atoms with Crippen molar-refractivity contribution >= 4 is 6.08 Å². The molecule has 0 heterocycles. The van der Waals surface area contributed by atoms with Gasteiger partial charge in [-0.05, 0) is 5.56 Å². The van der Waals surface area contributed by atoms with Crippen molar-refractivity contribution in [3.05, 3.63) is 54.1 Å². The summed E-state index contributed by atoms with van der Waals surface area (Å²) in [7, 11) is 0. The fourth-order valence-electron chi connectivity index (χ4n) is 0.865. The Kier molecular flexibility index (Phi) is 3.89. The van der Waals surface area contributed by atoms with Gasteiger partial charge in [0, 0.05) is 0 Å². The lowest BCUT2D eigenvalue weighted by atomic mass is 10.2. The summed E-state index contributed by atoms with van der Waals surface area (Å²) in [6.45, 7) is -0.154. The molecule has 1 heteroatoms. The van der Waals surface area contributed by atoms with E-state index in [1.807, 2.05) is 42.5 Å². The van der Waals surface area contributed by atoms with Gasteiger partial charge in [-0.2, -0.15) is 0 Å².